The van der Waals surface area contributed by atoms with Gasteiger partial charge in [0.2, 0.25) is 0 Å². The first-order valence-electron chi connectivity index (χ1n) is 9.24. The molecule has 1 aromatic heterocycles. The molecule has 0 N–H and O–H groups in total. The Labute approximate surface area is 179 Å². The molecule has 0 aliphatic heterocycles. The van der Waals surface area contributed by atoms with Gasteiger partial charge in [0.05, 0.1) is 0 Å². The summed E-state index contributed by atoms with van der Waals surface area (Å²) in [7, 11) is 0. The average Bonchev–Trinajstić information content (AvgIpc) is 3.08. The van der Waals surface area contributed by atoms with Gasteiger partial charge in [0.15, 0.2) is 17.1 Å². The number of allylic oxidation sites excluding steroid dienone is 1. The lowest BCUT2D eigenvalue weighted by atomic mass is 10.1. The van der Waals surface area contributed by atoms with Crippen LogP contribution in [-0.4, -0.2) is 14.8 Å². The number of aromatic nitrogens is 3. The molecule has 3 rings (SSSR count). The second-order valence-corrected chi connectivity index (χ2v) is 8.07. The normalized spacial score (nSPS) is 12.0. The predicted molar refractivity (Wildman–Crippen MR) is 116 cm³/mol. The molecule has 2 aromatic carbocycles. The Morgan fingerprint density at radius 3 is 2.79 bits per heavy atom. The van der Waals surface area contributed by atoms with Crippen molar-refractivity contribution in [1.82, 2.24) is 14.8 Å². The molecular weight excluding hydrogens is 409 g/mol. The number of hydrogen-bond acceptors (Lipinski definition) is 4. The number of hydrogen-bond donors (Lipinski definition) is 0. The summed E-state index contributed by atoms with van der Waals surface area (Å²) in [5.41, 5.74) is 3.12. The van der Waals surface area contributed by atoms with Crippen LogP contribution in [-0.2, 0) is 12.3 Å². The van der Waals surface area contributed by atoms with E-state index in [1.807, 2.05) is 30.5 Å². The standard InChI is InChI=1S/C22H23ClFN3OS/c1-5-11-27-21(16(4)28-20-8-6-7-14(2)15(20)3)25-26-22(27)29-13-17-9-10-18(24)12-19(17)23/h5-10,12,16H,1,11,13H2,2-4H3. The van der Waals surface area contributed by atoms with Crippen LogP contribution >= 0.6 is 23.4 Å². The zero-order valence-corrected chi connectivity index (χ0v) is 18.2. The van der Waals surface area contributed by atoms with Crippen molar-refractivity contribution in [1.29, 1.82) is 0 Å². The van der Waals surface area contributed by atoms with Crippen LogP contribution in [0.25, 0.3) is 0 Å². The van der Waals surface area contributed by atoms with E-state index >= 15 is 0 Å². The molecule has 0 saturated carbocycles. The van der Waals surface area contributed by atoms with Gasteiger partial charge in [0.25, 0.3) is 0 Å². The molecule has 1 atom stereocenters. The molecule has 0 aliphatic rings. The van der Waals surface area contributed by atoms with E-state index in [1.165, 1.54) is 29.5 Å². The summed E-state index contributed by atoms with van der Waals surface area (Å²) in [6.07, 6.45) is 1.51. The maximum absolute atomic E-state index is 13.3. The van der Waals surface area contributed by atoms with Crippen molar-refractivity contribution in [2.45, 2.75) is 44.3 Å². The third-order valence-corrected chi connectivity index (χ3v) is 6.02. The maximum atomic E-state index is 13.3. The smallest absolute Gasteiger partial charge is 0.191 e. The van der Waals surface area contributed by atoms with Gasteiger partial charge in [0, 0.05) is 17.3 Å². The summed E-state index contributed by atoms with van der Waals surface area (Å²) in [4.78, 5) is 0. The summed E-state index contributed by atoms with van der Waals surface area (Å²) in [6, 6.07) is 10.4. The van der Waals surface area contributed by atoms with Crippen LogP contribution in [0, 0.1) is 19.7 Å². The predicted octanol–water partition coefficient (Wildman–Crippen LogP) is 6.31. The van der Waals surface area contributed by atoms with Gasteiger partial charge in [0.1, 0.15) is 11.6 Å². The van der Waals surface area contributed by atoms with Crippen LogP contribution in [0.2, 0.25) is 5.02 Å². The molecular formula is C22H23ClFN3OS. The summed E-state index contributed by atoms with van der Waals surface area (Å²) in [5, 5.41) is 9.82. The van der Waals surface area contributed by atoms with Crippen LogP contribution in [0.4, 0.5) is 4.39 Å². The lowest BCUT2D eigenvalue weighted by molar-refractivity contribution is 0.209. The monoisotopic (exact) mass is 431 g/mol. The SMILES string of the molecule is C=CCn1c(SCc2ccc(F)cc2Cl)nnc1C(C)Oc1cccc(C)c1C. The van der Waals surface area contributed by atoms with Crippen LogP contribution in [0.3, 0.4) is 0 Å². The molecule has 0 saturated heterocycles. The van der Waals surface area contributed by atoms with Gasteiger partial charge < -0.3 is 4.74 Å². The number of thioether (sulfide) groups is 1. The van der Waals surface area contributed by atoms with E-state index in [0.717, 1.165) is 27.9 Å². The van der Waals surface area contributed by atoms with Crippen molar-refractivity contribution in [3.8, 4) is 5.75 Å². The molecule has 4 nitrogen and oxygen atoms in total. The molecule has 3 aromatic rings. The topological polar surface area (TPSA) is 39.9 Å². The molecule has 0 aliphatic carbocycles. The number of benzene rings is 2. The Morgan fingerprint density at radius 2 is 2.07 bits per heavy atom. The Hall–Kier alpha value is -2.31. The number of rotatable bonds is 8. The van der Waals surface area contributed by atoms with Crippen LogP contribution in [0.1, 0.15) is 35.5 Å². The molecule has 1 heterocycles. The van der Waals surface area contributed by atoms with E-state index in [0.29, 0.717) is 17.3 Å². The fourth-order valence-corrected chi connectivity index (χ4v) is 4.16. The van der Waals surface area contributed by atoms with Crippen LogP contribution < -0.4 is 4.74 Å². The summed E-state index contributed by atoms with van der Waals surface area (Å²) in [6.45, 7) is 10.5. The Bertz CT molecular complexity index is 1020. The van der Waals surface area contributed by atoms with Gasteiger partial charge in [-0.1, -0.05) is 47.6 Å². The minimum atomic E-state index is -0.349. The average molecular weight is 432 g/mol. The van der Waals surface area contributed by atoms with Gasteiger partial charge in [-0.25, -0.2) is 4.39 Å². The zero-order valence-electron chi connectivity index (χ0n) is 16.7. The molecule has 0 radical (unpaired) electrons. The van der Waals surface area contributed by atoms with Crippen molar-refractivity contribution in [3.63, 3.8) is 0 Å². The summed E-state index contributed by atoms with van der Waals surface area (Å²) in [5.74, 6) is 1.76. The lowest BCUT2D eigenvalue weighted by Crippen LogP contribution is -2.12. The molecule has 152 valence electrons. The lowest BCUT2D eigenvalue weighted by Gasteiger charge is -2.18. The Balaban J connectivity index is 1.80. The molecule has 0 spiro atoms. The number of aryl methyl sites for hydroxylation is 1. The highest BCUT2D eigenvalue weighted by atomic mass is 35.5. The van der Waals surface area contributed by atoms with E-state index in [1.54, 1.807) is 12.1 Å². The molecule has 0 fully saturated rings. The number of halogens is 2. The minimum Gasteiger partial charge on any atom is -0.482 e. The van der Waals surface area contributed by atoms with Gasteiger partial charge in [-0.05, 0) is 55.7 Å². The Kier molecular flexibility index (Phi) is 6.98. The van der Waals surface area contributed by atoms with E-state index in [-0.39, 0.29) is 11.9 Å². The largest absolute Gasteiger partial charge is 0.482 e. The first-order valence-corrected chi connectivity index (χ1v) is 10.6. The van der Waals surface area contributed by atoms with Crippen molar-refractivity contribution >= 4 is 23.4 Å². The molecule has 0 amide bonds. The zero-order chi connectivity index (χ0) is 21.0. The fourth-order valence-electron chi connectivity index (χ4n) is 2.88. The second-order valence-electron chi connectivity index (χ2n) is 6.72. The van der Waals surface area contributed by atoms with Crippen LogP contribution in [0.5, 0.6) is 5.75 Å². The highest BCUT2D eigenvalue weighted by Gasteiger charge is 2.20. The van der Waals surface area contributed by atoms with E-state index in [4.69, 9.17) is 16.3 Å². The maximum Gasteiger partial charge on any atom is 0.191 e. The highest BCUT2D eigenvalue weighted by Crippen LogP contribution is 2.30. The van der Waals surface area contributed by atoms with E-state index in [9.17, 15) is 4.39 Å². The third-order valence-electron chi connectivity index (χ3n) is 4.65. The quantitative estimate of drug-likeness (QED) is 0.309. The van der Waals surface area contributed by atoms with E-state index < -0.39 is 0 Å². The number of nitrogens with zero attached hydrogens (tertiary/aromatic N) is 3. The minimum absolute atomic E-state index is 0.285. The Morgan fingerprint density at radius 1 is 1.28 bits per heavy atom. The molecule has 7 heteroatoms. The van der Waals surface area contributed by atoms with E-state index in [2.05, 4.69) is 29.8 Å². The summed E-state index contributed by atoms with van der Waals surface area (Å²) >= 11 is 7.63. The van der Waals surface area contributed by atoms with Crippen molar-refractivity contribution in [3.05, 3.63) is 82.4 Å². The van der Waals surface area contributed by atoms with Gasteiger partial charge in [-0.2, -0.15) is 0 Å². The number of ether oxygens (including phenoxy) is 1. The van der Waals surface area contributed by atoms with Gasteiger partial charge in [-0.15, -0.1) is 16.8 Å². The summed E-state index contributed by atoms with van der Waals surface area (Å²) < 4.78 is 21.4. The molecule has 29 heavy (non-hydrogen) atoms. The molecule has 0 bridgehead atoms. The van der Waals surface area contributed by atoms with Gasteiger partial charge in [-0.3, -0.25) is 4.57 Å². The fraction of sp³-hybridized carbons (Fsp3) is 0.273. The molecule has 1 unspecified atom stereocenters. The van der Waals surface area contributed by atoms with Crippen LogP contribution in [0.15, 0.2) is 54.2 Å². The van der Waals surface area contributed by atoms with Crippen molar-refractivity contribution in [2.24, 2.45) is 0 Å². The highest BCUT2D eigenvalue weighted by molar-refractivity contribution is 7.98. The first-order chi connectivity index (χ1) is 13.9. The first kappa shape index (κ1) is 21.4. The van der Waals surface area contributed by atoms with Gasteiger partial charge >= 0.3 is 0 Å². The van der Waals surface area contributed by atoms with Crippen molar-refractivity contribution < 1.29 is 9.13 Å². The van der Waals surface area contributed by atoms with Crippen molar-refractivity contribution in [2.75, 3.05) is 0 Å². The second kappa shape index (κ2) is 9.46. The third kappa shape index (κ3) is 5.00.